The van der Waals surface area contributed by atoms with Crippen LogP contribution in [0.25, 0.3) is 0 Å². The number of rotatable bonds is 4. The van der Waals surface area contributed by atoms with E-state index in [0.29, 0.717) is 12.2 Å². The van der Waals surface area contributed by atoms with Crippen LogP contribution in [0.2, 0.25) is 0 Å². The van der Waals surface area contributed by atoms with E-state index in [2.05, 4.69) is 0 Å². The molecule has 21 heavy (non-hydrogen) atoms. The minimum atomic E-state index is -4.68. The summed E-state index contributed by atoms with van der Waals surface area (Å²) >= 11 is 1.52. The van der Waals surface area contributed by atoms with Gasteiger partial charge in [-0.05, 0) is 40.6 Å². The highest BCUT2D eigenvalue weighted by Gasteiger charge is 2.35. The molecule has 0 unspecified atom stereocenters. The summed E-state index contributed by atoms with van der Waals surface area (Å²) < 4.78 is 38.3. The van der Waals surface area contributed by atoms with E-state index >= 15 is 0 Å². The fraction of sp³-hybridized carbons (Fsp3) is 0.214. The average molecular weight is 315 g/mol. The molecule has 0 aliphatic carbocycles. The van der Waals surface area contributed by atoms with E-state index in [1.807, 2.05) is 16.8 Å². The molecule has 1 aromatic heterocycles. The summed E-state index contributed by atoms with van der Waals surface area (Å²) in [4.78, 5) is 12.7. The van der Waals surface area contributed by atoms with Gasteiger partial charge in [0.25, 0.3) is 0 Å². The van der Waals surface area contributed by atoms with Gasteiger partial charge in [0.1, 0.15) is 0 Å². The Balaban J connectivity index is 2.33. The van der Waals surface area contributed by atoms with Crippen LogP contribution >= 0.6 is 11.3 Å². The number of halogens is 3. The Bertz CT molecular complexity index is 638. The zero-order valence-corrected chi connectivity index (χ0v) is 11.8. The second-order valence-corrected chi connectivity index (χ2v) is 5.30. The van der Waals surface area contributed by atoms with Crippen LogP contribution in [0.5, 0.6) is 0 Å². The van der Waals surface area contributed by atoms with Crippen molar-refractivity contribution in [2.75, 3.05) is 11.9 Å². The molecule has 0 bridgehead atoms. The topological polar surface area (TPSA) is 40.5 Å². The van der Waals surface area contributed by atoms with Crippen molar-refractivity contribution >= 4 is 23.0 Å². The third-order valence-corrected chi connectivity index (χ3v) is 3.71. The van der Waals surface area contributed by atoms with E-state index in [4.69, 9.17) is 5.11 Å². The van der Waals surface area contributed by atoms with Gasteiger partial charge >= 0.3 is 12.1 Å². The van der Waals surface area contributed by atoms with Gasteiger partial charge in [0.2, 0.25) is 0 Å². The molecule has 1 aromatic carbocycles. The molecule has 112 valence electrons. The number of benzene rings is 1. The van der Waals surface area contributed by atoms with Crippen LogP contribution in [-0.4, -0.2) is 18.1 Å². The van der Waals surface area contributed by atoms with Crippen LogP contribution < -0.4 is 4.90 Å². The maximum Gasteiger partial charge on any atom is 0.417 e. The molecule has 1 heterocycles. The normalized spacial score (nSPS) is 11.4. The Hall–Kier alpha value is -2.02. The van der Waals surface area contributed by atoms with Crippen LogP contribution in [0.3, 0.4) is 0 Å². The van der Waals surface area contributed by atoms with Gasteiger partial charge in [0.15, 0.2) is 0 Å². The monoisotopic (exact) mass is 315 g/mol. The second-order valence-electron chi connectivity index (χ2n) is 4.52. The third kappa shape index (κ3) is 3.55. The lowest BCUT2D eigenvalue weighted by Gasteiger charge is -2.20. The van der Waals surface area contributed by atoms with Crippen molar-refractivity contribution in [1.82, 2.24) is 0 Å². The van der Waals surface area contributed by atoms with E-state index in [-0.39, 0.29) is 0 Å². The standard InChI is InChI=1S/C14H12F3NO2S/c1-18(7-9-4-5-21-8-9)10-2-3-12(14(15,16)17)11(6-10)13(19)20/h2-6,8H,7H2,1H3,(H,19,20). The molecule has 3 nitrogen and oxygen atoms in total. The highest BCUT2D eigenvalue weighted by Crippen LogP contribution is 2.34. The first-order valence-electron chi connectivity index (χ1n) is 5.96. The SMILES string of the molecule is CN(Cc1ccsc1)c1ccc(C(F)(F)F)c(C(=O)O)c1. The van der Waals surface area contributed by atoms with Crippen LogP contribution in [0.4, 0.5) is 18.9 Å². The Morgan fingerprint density at radius 2 is 2.05 bits per heavy atom. The lowest BCUT2D eigenvalue weighted by Crippen LogP contribution is -2.18. The average Bonchev–Trinajstić information content (AvgIpc) is 2.89. The number of anilines is 1. The molecule has 1 N–H and O–H groups in total. The molecule has 0 atom stereocenters. The molecule has 2 aromatic rings. The van der Waals surface area contributed by atoms with Crippen LogP contribution in [-0.2, 0) is 12.7 Å². The van der Waals surface area contributed by atoms with Crippen molar-refractivity contribution in [1.29, 1.82) is 0 Å². The maximum atomic E-state index is 12.8. The quantitative estimate of drug-likeness (QED) is 0.923. The fourth-order valence-corrected chi connectivity index (χ4v) is 2.60. The van der Waals surface area contributed by atoms with Gasteiger partial charge in [-0.25, -0.2) is 4.79 Å². The molecule has 0 aliphatic heterocycles. The third-order valence-electron chi connectivity index (χ3n) is 2.98. The number of alkyl halides is 3. The zero-order valence-electron chi connectivity index (χ0n) is 11.0. The largest absolute Gasteiger partial charge is 0.478 e. The highest BCUT2D eigenvalue weighted by atomic mass is 32.1. The molecule has 0 aliphatic rings. The molecule has 0 saturated carbocycles. The van der Waals surface area contributed by atoms with Gasteiger partial charge in [-0.3, -0.25) is 0 Å². The molecule has 2 rings (SSSR count). The van der Waals surface area contributed by atoms with Crippen molar-refractivity contribution < 1.29 is 23.1 Å². The predicted molar refractivity (Wildman–Crippen MR) is 74.8 cm³/mol. The first-order chi connectivity index (χ1) is 9.79. The number of thiophene rings is 1. The Kier molecular flexibility index (Phi) is 4.22. The summed E-state index contributed by atoms with van der Waals surface area (Å²) in [6.07, 6.45) is -4.68. The van der Waals surface area contributed by atoms with E-state index in [1.54, 1.807) is 11.9 Å². The molecule has 0 saturated heterocycles. The van der Waals surface area contributed by atoms with Gasteiger partial charge in [0, 0.05) is 19.3 Å². The van der Waals surface area contributed by atoms with Gasteiger partial charge in [-0.15, -0.1) is 0 Å². The van der Waals surface area contributed by atoms with Crippen molar-refractivity contribution in [3.05, 3.63) is 51.7 Å². The Morgan fingerprint density at radius 1 is 1.33 bits per heavy atom. The number of aromatic carboxylic acids is 1. The summed E-state index contributed by atoms with van der Waals surface area (Å²) in [5.74, 6) is -1.59. The Morgan fingerprint density at radius 3 is 2.57 bits per heavy atom. The minimum Gasteiger partial charge on any atom is -0.478 e. The van der Waals surface area contributed by atoms with Gasteiger partial charge in [-0.1, -0.05) is 0 Å². The van der Waals surface area contributed by atoms with Gasteiger partial charge in [0.05, 0.1) is 11.1 Å². The first-order valence-corrected chi connectivity index (χ1v) is 6.90. The number of nitrogens with zero attached hydrogens (tertiary/aromatic N) is 1. The summed E-state index contributed by atoms with van der Waals surface area (Å²) in [5, 5.41) is 12.8. The van der Waals surface area contributed by atoms with Crippen molar-refractivity contribution in [2.45, 2.75) is 12.7 Å². The molecule has 0 amide bonds. The zero-order chi connectivity index (χ0) is 15.6. The smallest absolute Gasteiger partial charge is 0.417 e. The van der Waals surface area contributed by atoms with Crippen molar-refractivity contribution in [3.63, 3.8) is 0 Å². The number of carboxylic acids is 1. The van der Waals surface area contributed by atoms with E-state index in [1.165, 1.54) is 17.4 Å². The lowest BCUT2D eigenvalue weighted by atomic mass is 10.1. The molecular weight excluding hydrogens is 303 g/mol. The lowest BCUT2D eigenvalue weighted by molar-refractivity contribution is -0.138. The van der Waals surface area contributed by atoms with E-state index in [0.717, 1.165) is 17.7 Å². The number of hydrogen-bond donors (Lipinski definition) is 1. The van der Waals surface area contributed by atoms with Crippen LogP contribution in [0.15, 0.2) is 35.0 Å². The second kappa shape index (κ2) is 5.77. The minimum absolute atomic E-state index is 0.423. The highest BCUT2D eigenvalue weighted by molar-refractivity contribution is 7.07. The van der Waals surface area contributed by atoms with Crippen LogP contribution in [0.1, 0.15) is 21.5 Å². The van der Waals surface area contributed by atoms with Gasteiger partial charge < -0.3 is 10.0 Å². The summed E-state index contributed by atoms with van der Waals surface area (Å²) in [7, 11) is 1.70. The number of carbonyl (C=O) groups is 1. The predicted octanol–water partition coefficient (Wildman–Crippen LogP) is 4.10. The number of hydrogen-bond acceptors (Lipinski definition) is 3. The number of carboxylic acid groups (broad SMARTS) is 1. The molecule has 0 fully saturated rings. The summed E-state index contributed by atoms with van der Waals surface area (Å²) in [5.41, 5.74) is -0.439. The summed E-state index contributed by atoms with van der Waals surface area (Å²) in [6.45, 7) is 0.494. The molecule has 0 radical (unpaired) electrons. The molecule has 0 spiro atoms. The van der Waals surface area contributed by atoms with Crippen molar-refractivity contribution in [3.8, 4) is 0 Å². The molecule has 7 heteroatoms. The summed E-state index contributed by atoms with van der Waals surface area (Å²) in [6, 6.07) is 5.05. The Labute approximate surface area is 123 Å². The van der Waals surface area contributed by atoms with E-state index in [9.17, 15) is 18.0 Å². The maximum absolute atomic E-state index is 12.8. The van der Waals surface area contributed by atoms with Crippen molar-refractivity contribution in [2.24, 2.45) is 0 Å². The van der Waals surface area contributed by atoms with E-state index < -0.39 is 23.3 Å². The first kappa shape index (κ1) is 15.4. The molecular formula is C14H12F3NO2S. The fourth-order valence-electron chi connectivity index (χ4n) is 1.94. The van der Waals surface area contributed by atoms with Crippen LogP contribution in [0, 0.1) is 0 Å². The van der Waals surface area contributed by atoms with Gasteiger partial charge in [-0.2, -0.15) is 24.5 Å².